The first-order valence-electron chi connectivity index (χ1n) is 10.2. The van der Waals surface area contributed by atoms with Crippen LogP contribution < -0.4 is 5.32 Å². The van der Waals surface area contributed by atoms with Crippen LogP contribution in [0, 0.1) is 5.92 Å². The molecule has 1 aromatic carbocycles. The molecule has 0 aliphatic carbocycles. The Kier molecular flexibility index (Phi) is 5.65. The van der Waals surface area contributed by atoms with Crippen LogP contribution in [-0.4, -0.2) is 46.8 Å². The fourth-order valence-corrected chi connectivity index (χ4v) is 3.96. The molecule has 0 spiro atoms. The number of aromatic nitrogens is 2. The molecule has 2 aromatic heterocycles. The van der Waals surface area contributed by atoms with Crippen LogP contribution in [0.5, 0.6) is 0 Å². The van der Waals surface area contributed by atoms with E-state index in [1.54, 1.807) is 0 Å². The zero-order valence-corrected chi connectivity index (χ0v) is 16.8. The predicted octanol–water partition coefficient (Wildman–Crippen LogP) is 3.24. The van der Waals surface area contributed by atoms with Gasteiger partial charge in [0.15, 0.2) is 5.96 Å². The smallest absolute Gasteiger partial charge is 0.193 e. The summed E-state index contributed by atoms with van der Waals surface area (Å²) in [6, 6.07) is 10.3. The van der Waals surface area contributed by atoms with Crippen molar-refractivity contribution in [1.82, 2.24) is 20.0 Å². The van der Waals surface area contributed by atoms with Gasteiger partial charge in [0.05, 0.1) is 6.20 Å². The van der Waals surface area contributed by atoms with E-state index in [1.165, 1.54) is 12.0 Å². The number of rotatable bonds is 6. The van der Waals surface area contributed by atoms with E-state index in [2.05, 4.69) is 40.6 Å². The second-order valence-electron chi connectivity index (χ2n) is 7.56. The number of nitrogens with one attached hydrogen (secondary N) is 1. The van der Waals surface area contributed by atoms with Crippen LogP contribution in [0.1, 0.15) is 24.7 Å². The fourth-order valence-electron chi connectivity index (χ4n) is 3.96. The monoisotopic (exact) mass is 379 g/mol. The van der Waals surface area contributed by atoms with Crippen LogP contribution in [-0.2, 0) is 19.9 Å². The normalized spacial score (nSPS) is 17.6. The molecule has 1 N–H and O–H groups in total. The van der Waals surface area contributed by atoms with E-state index in [4.69, 9.17) is 9.41 Å². The Balaban J connectivity index is 1.35. The molecular formula is C22H29N5O. The summed E-state index contributed by atoms with van der Waals surface area (Å²) in [6.45, 7) is 5.84. The lowest BCUT2D eigenvalue weighted by Crippen LogP contribution is -2.40. The minimum Gasteiger partial charge on any atom is -0.461 e. The number of furan rings is 1. The molecule has 28 heavy (non-hydrogen) atoms. The molecule has 1 saturated heterocycles. The van der Waals surface area contributed by atoms with Crippen molar-refractivity contribution in [1.29, 1.82) is 0 Å². The van der Waals surface area contributed by atoms with E-state index in [-0.39, 0.29) is 0 Å². The number of hydrogen-bond donors (Lipinski definition) is 1. The zero-order valence-electron chi connectivity index (χ0n) is 16.8. The quantitative estimate of drug-likeness (QED) is 0.528. The highest BCUT2D eigenvalue weighted by atomic mass is 16.3. The molecule has 3 heterocycles. The molecule has 0 amide bonds. The molecule has 148 valence electrons. The molecule has 6 heteroatoms. The number of fused-ring (bicyclic) bond motifs is 1. The van der Waals surface area contributed by atoms with Gasteiger partial charge in [-0.25, -0.2) is 0 Å². The first kappa shape index (κ1) is 18.6. The Morgan fingerprint density at radius 2 is 2.25 bits per heavy atom. The van der Waals surface area contributed by atoms with Gasteiger partial charge in [0.2, 0.25) is 0 Å². The van der Waals surface area contributed by atoms with Crippen molar-refractivity contribution in [3.63, 3.8) is 0 Å². The molecule has 6 nitrogen and oxygen atoms in total. The second-order valence-corrected chi connectivity index (χ2v) is 7.56. The predicted molar refractivity (Wildman–Crippen MR) is 112 cm³/mol. The molecule has 0 radical (unpaired) electrons. The summed E-state index contributed by atoms with van der Waals surface area (Å²) in [5, 5.41) is 8.90. The summed E-state index contributed by atoms with van der Waals surface area (Å²) in [7, 11) is 1.97. The Morgan fingerprint density at radius 3 is 3.04 bits per heavy atom. The first-order valence-corrected chi connectivity index (χ1v) is 10.2. The van der Waals surface area contributed by atoms with E-state index < -0.39 is 0 Å². The standard InChI is InChI=1S/C22H29N5O/c1-3-23-22(24-10-8-20-13-19-6-4-5-7-21(19)28-20)27-11-9-17(16-27)12-18-14-25-26(2)15-18/h4-7,13-15,17H,3,8-12,16H2,1-2H3,(H,23,24). The van der Waals surface area contributed by atoms with E-state index in [0.29, 0.717) is 5.92 Å². The maximum Gasteiger partial charge on any atom is 0.193 e. The van der Waals surface area contributed by atoms with Gasteiger partial charge in [-0.05, 0) is 43.4 Å². The van der Waals surface area contributed by atoms with Crippen LogP contribution in [0.4, 0.5) is 0 Å². The summed E-state index contributed by atoms with van der Waals surface area (Å²) in [4.78, 5) is 7.25. The molecule has 3 aromatic rings. The number of para-hydroxylation sites is 1. The molecule has 1 atom stereocenters. The molecule has 4 rings (SSSR count). The topological polar surface area (TPSA) is 58.6 Å². The highest BCUT2D eigenvalue weighted by Crippen LogP contribution is 2.21. The maximum atomic E-state index is 5.91. The van der Waals surface area contributed by atoms with Crippen molar-refractivity contribution < 1.29 is 4.42 Å². The number of aryl methyl sites for hydroxylation is 1. The van der Waals surface area contributed by atoms with Gasteiger partial charge in [-0.1, -0.05) is 18.2 Å². The highest BCUT2D eigenvalue weighted by molar-refractivity contribution is 5.80. The third kappa shape index (κ3) is 4.38. The van der Waals surface area contributed by atoms with Crippen molar-refractivity contribution in [3.05, 3.63) is 54.0 Å². The summed E-state index contributed by atoms with van der Waals surface area (Å²) < 4.78 is 7.79. The van der Waals surface area contributed by atoms with Crippen molar-refractivity contribution in [3.8, 4) is 0 Å². The minimum atomic E-state index is 0.656. The number of nitrogens with zero attached hydrogens (tertiary/aromatic N) is 4. The van der Waals surface area contributed by atoms with Gasteiger partial charge in [-0.2, -0.15) is 5.10 Å². The third-order valence-corrected chi connectivity index (χ3v) is 5.30. The highest BCUT2D eigenvalue weighted by Gasteiger charge is 2.25. The summed E-state index contributed by atoms with van der Waals surface area (Å²) in [6.07, 6.45) is 7.20. The third-order valence-electron chi connectivity index (χ3n) is 5.30. The van der Waals surface area contributed by atoms with E-state index >= 15 is 0 Å². The number of guanidine groups is 1. The number of likely N-dealkylation sites (tertiary alicyclic amines) is 1. The van der Waals surface area contributed by atoms with Gasteiger partial charge in [0.25, 0.3) is 0 Å². The van der Waals surface area contributed by atoms with Gasteiger partial charge in [0.1, 0.15) is 11.3 Å². The van der Waals surface area contributed by atoms with Crippen molar-refractivity contribution in [2.24, 2.45) is 18.0 Å². The van der Waals surface area contributed by atoms with Gasteiger partial charge in [0, 0.05) is 51.2 Å². The number of benzene rings is 1. The molecule has 1 aliphatic heterocycles. The Bertz CT molecular complexity index is 908. The molecule has 0 saturated carbocycles. The van der Waals surface area contributed by atoms with Crippen LogP contribution in [0.15, 0.2) is 52.1 Å². The first-order chi connectivity index (χ1) is 13.7. The van der Waals surface area contributed by atoms with Gasteiger partial charge in [-0.3, -0.25) is 9.67 Å². The van der Waals surface area contributed by atoms with Gasteiger partial charge < -0.3 is 14.6 Å². The van der Waals surface area contributed by atoms with E-state index in [0.717, 1.165) is 61.7 Å². The lowest BCUT2D eigenvalue weighted by Gasteiger charge is -2.21. The summed E-state index contributed by atoms with van der Waals surface area (Å²) >= 11 is 0. The second kappa shape index (κ2) is 8.50. The number of aliphatic imine (C=N–C) groups is 1. The molecule has 1 fully saturated rings. The molecular weight excluding hydrogens is 350 g/mol. The van der Waals surface area contributed by atoms with E-state index in [1.807, 2.05) is 36.1 Å². The zero-order chi connectivity index (χ0) is 19.3. The minimum absolute atomic E-state index is 0.656. The Morgan fingerprint density at radius 1 is 1.36 bits per heavy atom. The molecule has 0 bridgehead atoms. The van der Waals surface area contributed by atoms with Crippen molar-refractivity contribution in [2.45, 2.75) is 26.2 Å². The fraction of sp³-hybridized carbons (Fsp3) is 0.455. The summed E-state index contributed by atoms with van der Waals surface area (Å²) in [5.41, 5.74) is 2.27. The van der Waals surface area contributed by atoms with Crippen LogP contribution >= 0.6 is 0 Å². The maximum absolute atomic E-state index is 5.91. The molecule has 1 unspecified atom stereocenters. The Labute approximate surface area is 166 Å². The molecule has 1 aliphatic rings. The average Bonchev–Trinajstić information content (AvgIpc) is 3.41. The van der Waals surface area contributed by atoms with Crippen LogP contribution in [0.3, 0.4) is 0 Å². The van der Waals surface area contributed by atoms with Gasteiger partial charge >= 0.3 is 0 Å². The Hall–Kier alpha value is -2.76. The largest absolute Gasteiger partial charge is 0.461 e. The van der Waals surface area contributed by atoms with Crippen LogP contribution in [0.2, 0.25) is 0 Å². The van der Waals surface area contributed by atoms with Gasteiger partial charge in [-0.15, -0.1) is 0 Å². The van der Waals surface area contributed by atoms with Crippen LogP contribution in [0.25, 0.3) is 11.0 Å². The summed E-state index contributed by atoms with van der Waals surface area (Å²) in [5.74, 6) is 2.67. The lowest BCUT2D eigenvalue weighted by atomic mass is 10.0. The van der Waals surface area contributed by atoms with E-state index in [9.17, 15) is 0 Å². The number of hydrogen-bond acceptors (Lipinski definition) is 3. The SMILES string of the molecule is CCNC(=NCCc1cc2ccccc2o1)N1CCC(Cc2cnn(C)c2)C1. The van der Waals surface area contributed by atoms with Crippen molar-refractivity contribution in [2.75, 3.05) is 26.2 Å². The van der Waals surface area contributed by atoms with Crippen molar-refractivity contribution >= 4 is 16.9 Å². The lowest BCUT2D eigenvalue weighted by molar-refractivity contribution is 0.459. The average molecular weight is 380 g/mol.